The van der Waals surface area contributed by atoms with Crippen LogP contribution in [0.4, 0.5) is 5.69 Å². The largest absolute Gasteiger partial charge is 0.472 e. The number of hydrogen-bond donors (Lipinski definition) is 1. The minimum absolute atomic E-state index is 0.727. The highest BCUT2D eigenvalue weighted by atomic mass is 32.2. The van der Waals surface area contributed by atoms with Crippen LogP contribution in [-0.2, 0) is 17.3 Å². The van der Waals surface area contributed by atoms with Gasteiger partial charge in [-0.05, 0) is 30.3 Å². The van der Waals surface area contributed by atoms with E-state index < -0.39 is 10.8 Å². The van der Waals surface area contributed by atoms with Crippen molar-refractivity contribution in [1.82, 2.24) is 0 Å². The Labute approximate surface area is 96.9 Å². The molecule has 0 fully saturated rings. The average Bonchev–Trinajstić information content (AvgIpc) is 2.80. The van der Waals surface area contributed by atoms with Crippen molar-refractivity contribution in [3.63, 3.8) is 0 Å². The molecule has 84 valence electrons. The normalized spacial score (nSPS) is 12.3. The van der Waals surface area contributed by atoms with E-state index in [1.54, 1.807) is 18.8 Å². The maximum atomic E-state index is 11.2. The molecule has 1 heterocycles. The summed E-state index contributed by atoms with van der Waals surface area (Å²) in [5, 5.41) is 3.25. The zero-order valence-corrected chi connectivity index (χ0v) is 9.79. The van der Waals surface area contributed by atoms with Crippen molar-refractivity contribution in [2.45, 2.75) is 11.4 Å². The molecule has 4 heteroatoms. The number of furan rings is 1. The molecule has 16 heavy (non-hydrogen) atoms. The van der Waals surface area contributed by atoms with Crippen LogP contribution < -0.4 is 5.32 Å². The van der Waals surface area contributed by atoms with Gasteiger partial charge in [-0.1, -0.05) is 0 Å². The fourth-order valence-electron chi connectivity index (χ4n) is 1.36. The summed E-state index contributed by atoms with van der Waals surface area (Å²) in [6.07, 6.45) is 5.04. The minimum Gasteiger partial charge on any atom is -0.472 e. The van der Waals surface area contributed by atoms with Crippen LogP contribution >= 0.6 is 0 Å². The first-order valence-corrected chi connectivity index (χ1v) is 6.50. The quantitative estimate of drug-likeness (QED) is 0.885. The van der Waals surface area contributed by atoms with Crippen molar-refractivity contribution in [1.29, 1.82) is 0 Å². The fourth-order valence-corrected chi connectivity index (χ4v) is 1.88. The van der Waals surface area contributed by atoms with E-state index in [4.69, 9.17) is 4.42 Å². The standard InChI is InChI=1S/C12H13NO2S/c1-16(14)12-4-2-11(3-5-12)13-8-10-6-7-15-9-10/h2-7,9,13H,8H2,1H3. The summed E-state index contributed by atoms with van der Waals surface area (Å²) in [6.45, 7) is 0.727. The Bertz CT molecular complexity index is 462. The number of rotatable bonds is 4. The third kappa shape index (κ3) is 2.73. The van der Waals surface area contributed by atoms with Crippen LogP contribution in [0, 0.1) is 0 Å². The lowest BCUT2D eigenvalue weighted by molar-refractivity contribution is 0.564. The van der Waals surface area contributed by atoms with Gasteiger partial charge < -0.3 is 9.73 Å². The monoisotopic (exact) mass is 235 g/mol. The zero-order valence-electron chi connectivity index (χ0n) is 8.97. The van der Waals surface area contributed by atoms with E-state index in [1.807, 2.05) is 30.3 Å². The van der Waals surface area contributed by atoms with E-state index in [2.05, 4.69) is 5.32 Å². The van der Waals surface area contributed by atoms with Crippen LogP contribution in [0.3, 0.4) is 0 Å². The van der Waals surface area contributed by atoms with Gasteiger partial charge in [-0.3, -0.25) is 4.21 Å². The molecule has 0 aliphatic carbocycles. The molecule has 0 aliphatic rings. The Hall–Kier alpha value is -1.55. The topological polar surface area (TPSA) is 42.2 Å². The maximum Gasteiger partial charge on any atom is 0.0952 e. The molecule has 0 bridgehead atoms. The van der Waals surface area contributed by atoms with Crippen molar-refractivity contribution in [3.05, 3.63) is 48.4 Å². The van der Waals surface area contributed by atoms with Crippen molar-refractivity contribution < 1.29 is 8.63 Å². The smallest absolute Gasteiger partial charge is 0.0952 e. The lowest BCUT2D eigenvalue weighted by Crippen LogP contribution is -1.98. The highest BCUT2D eigenvalue weighted by Gasteiger charge is 1.98. The Balaban J connectivity index is 1.98. The lowest BCUT2D eigenvalue weighted by Gasteiger charge is -2.05. The molecule has 0 saturated heterocycles. The highest BCUT2D eigenvalue weighted by molar-refractivity contribution is 7.84. The molecule has 0 aliphatic heterocycles. The second kappa shape index (κ2) is 4.99. The van der Waals surface area contributed by atoms with Gasteiger partial charge in [0.1, 0.15) is 0 Å². The van der Waals surface area contributed by atoms with Gasteiger partial charge in [0, 0.05) is 39.7 Å². The molecule has 1 N–H and O–H groups in total. The first-order valence-electron chi connectivity index (χ1n) is 4.94. The van der Waals surface area contributed by atoms with Crippen molar-refractivity contribution in [2.75, 3.05) is 11.6 Å². The van der Waals surface area contributed by atoms with Gasteiger partial charge in [0.05, 0.1) is 12.5 Å². The van der Waals surface area contributed by atoms with Crippen molar-refractivity contribution in [3.8, 4) is 0 Å². The first-order chi connectivity index (χ1) is 7.75. The molecule has 1 aromatic carbocycles. The average molecular weight is 235 g/mol. The van der Waals surface area contributed by atoms with Gasteiger partial charge in [0.2, 0.25) is 0 Å². The first kappa shape index (κ1) is 11.0. The van der Waals surface area contributed by atoms with E-state index in [0.717, 1.165) is 22.7 Å². The molecule has 1 aromatic heterocycles. The van der Waals surface area contributed by atoms with Gasteiger partial charge in [-0.15, -0.1) is 0 Å². The molecule has 2 aromatic rings. The molecular weight excluding hydrogens is 222 g/mol. The van der Waals surface area contributed by atoms with Crippen LogP contribution in [-0.4, -0.2) is 10.5 Å². The second-order valence-corrected chi connectivity index (χ2v) is 4.84. The van der Waals surface area contributed by atoms with Gasteiger partial charge >= 0.3 is 0 Å². The number of hydrogen-bond acceptors (Lipinski definition) is 3. The molecule has 0 spiro atoms. The lowest BCUT2D eigenvalue weighted by atomic mass is 10.3. The summed E-state index contributed by atoms with van der Waals surface area (Å²) in [5.41, 5.74) is 2.11. The van der Waals surface area contributed by atoms with Crippen LogP contribution in [0.25, 0.3) is 0 Å². The predicted octanol–water partition coefficient (Wildman–Crippen LogP) is 2.63. The Morgan fingerprint density at radius 3 is 2.56 bits per heavy atom. The van der Waals surface area contributed by atoms with E-state index >= 15 is 0 Å². The van der Waals surface area contributed by atoms with E-state index in [-0.39, 0.29) is 0 Å². The summed E-state index contributed by atoms with van der Waals surface area (Å²) >= 11 is 0. The Morgan fingerprint density at radius 2 is 2.00 bits per heavy atom. The molecular formula is C12H13NO2S. The summed E-state index contributed by atoms with van der Waals surface area (Å²) in [6, 6.07) is 9.51. The number of benzene rings is 1. The van der Waals surface area contributed by atoms with Gasteiger partial charge in [-0.2, -0.15) is 0 Å². The molecule has 0 saturated carbocycles. The van der Waals surface area contributed by atoms with Gasteiger partial charge in [0.15, 0.2) is 0 Å². The minimum atomic E-state index is -0.913. The fraction of sp³-hybridized carbons (Fsp3) is 0.167. The summed E-state index contributed by atoms with van der Waals surface area (Å²) in [7, 11) is -0.913. The molecule has 2 rings (SSSR count). The van der Waals surface area contributed by atoms with Crippen molar-refractivity contribution in [2.24, 2.45) is 0 Å². The van der Waals surface area contributed by atoms with Crippen LogP contribution in [0.5, 0.6) is 0 Å². The van der Waals surface area contributed by atoms with Crippen LogP contribution in [0.1, 0.15) is 5.56 Å². The second-order valence-electron chi connectivity index (χ2n) is 3.46. The third-order valence-corrected chi connectivity index (χ3v) is 3.20. The zero-order chi connectivity index (χ0) is 11.4. The van der Waals surface area contributed by atoms with E-state index in [9.17, 15) is 4.21 Å². The SMILES string of the molecule is CS(=O)c1ccc(NCc2ccoc2)cc1. The molecule has 0 radical (unpaired) electrons. The summed E-state index contributed by atoms with van der Waals surface area (Å²) in [4.78, 5) is 0.842. The Morgan fingerprint density at radius 1 is 1.25 bits per heavy atom. The van der Waals surface area contributed by atoms with E-state index in [0.29, 0.717) is 0 Å². The van der Waals surface area contributed by atoms with Gasteiger partial charge in [0.25, 0.3) is 0 Å². The van der Waals surface area contributed by atoms with Crippen LogP contribution in [0.2, 0.25) is 0 Å². The highest BCUT2D eigenvalue weighted by Crippen LogP contribution is 2.13. The summed E-state index contributed by atoms with van der Waals surface area (Å²) < 4.78 is 16.2. The van der Waals surface area contributed by atoms with Gasteiger partial charge in [-0.25, -0.2) is 0 Å². The number of nitrogens with one attached hydrogen (secondary N) is 1. The van der Waals surface area contributed by atoms with E-state index in [1.165, 1.54) is 0 Å². The third-order valence-electron chi connectivity index (χ3n) is 2.26. The molecule has 0 amide bonds. The number of anilines is 1. The Kier molecular flexibility index (Phi) is 3.41. The summed E-state index contributed by atoms with van der Waals surface area (Å²) in [5.74, 6) is 0. The van der Waals surface area contributed by atoms with Crippen LogP contribution in [0.15, 0.2) is 52.2 Å². The molecule has 1 atom stereocenters. The molecule has 1 unspecified atom stereocenters. The molecule has 3 nitrogen and oxygen atoms in total. The predicted molar refractivity (Wildman–Crippen MR) is 64.8 cm³/mol. The van der Waals surface area contributed by atoms with Crippen molar-refractivity contribution >= 4 is 16.5 Å². The maximum absolute atomic E-state index is 11.2.